The van der Waals surface area contributed by atoms with Crippen LogP contribution in [0.15, 0.2) is 34.5 Å². The van der Waals surface area contributed by atoms with Crippen molar-refractivity contribution in [1.82, 2.24) is 10.3 Å². The molecule has 0 aliphatic heterocycles. The normalized spacial score (nSPS) is 13.2. The number of benzene rings is 1. The Balaban J connectivity index is 2.22. The maximum atomic E-state index is 12.2. The van der Waals surface area contributed by atoms with Crippen LogP contribution in [0.4, 0.5) is 5.13 Å². The van der Waals surface area contributed by atoms with Crippen molar-refractivity contribution >= 4 is 26.5 Å². The van der Waals surface area contributed by atoms with Gasteiger partial charge in [-0.05, 0) is 38.6 Å². The molecule has 0 fully saturated rings. The Morgan fingerprint density at radius 2 is 2.10 bits per heavy atom. The van der Waals surface area contributed by atoms with E-state index in [0.717, 1.165) is 11.3 Å². The molecule has 0 spiro atoms. The smallest absolute Gasteiger partial charge is 0.263 e. The molecule has 1 aromatic heterocycles. The third-order valence-corrected chi connectivity index (χ3v) is 5.16. The quantitative estimate of drug-likeness (QED) is 0.890. The molecule has 1 unspecified atom stereocenters. The monoisotopic (exact) mass is 311 g/mol. The molecule has 0 bridgehead atoms. The summed E-state index contributed by atoms with van der Waals surface area (Å²) in [7, 11) is -1.74. The van der Waals surface area contributed by atoms with E-state index in [9.17, 15) is 8.42 Å². The van der Waals surface area contributed by atoms with Crippen LogP contribution in [0.25, 0.3) is 0 Å². The first-order valence-electron chi connectivity index (χ1n) is 6.14. The van der Waals surface area contributed by atoms with Crippen LogP contribution in [0, 0.1) is 6.92 Å². The predicted molar refractivity (Wildman–Crippen MR) is 81.6 cm³/mol. The summed E-state index contributed by atoms with van der Waals surface area (Å²) in [5.41, 5.74) is 1.72. The highest BCUT2D eigenvalue weighted by atomic mass is 32.2. The minimum Gasteiger partial charge on any atom is -0.312 e. The first-order chi connectivity index (χ1) is 9.42. The van der Waals surface area contributed by atoms with Crippen LogP contribution in [-0.4, -0.2) is 20.4 Å². The predicted octanol–water partition coefficient (Wildman–Crippen LogP) is 2.53. The minimum absolute atomic E-state index is 0.0865. The van der Waals surface area contributed by atoms with E-state index >= 15 is 0 Å². The Labute approximate surface area is 123 Å². The average Bonchev–Trinajstić information content (AvgIpc) is 2.85. The fraction of sp³-hybridized carbons (Fsp3) is 0.308. The molecule has 0 saturated carbocycles. The molecule has 2 aromatic rings. The molecule has 1 aromatic carbocycles. The number of hydrogen-bond donors (Lipinski definition) is 2. The molecule has 0 radical (unpaired) electrons. The SMILES string of the molecule is CNC(C)c1csc(NS(=O)(=O)c2cccc(C)c2)n1. The number of thiazole rings is 1. The second kappa shape index (κ2) is 5.90. The summed E-state index contributed by atoms with van der Waals surface area (Å²) in [4.78, 5) is 4.53. The van der Waals surface area contributed by atoms with E-state index in [2.05, 4.69) is 15.0 Å². The summed E-state index contributed by atoms with van der Waals surface area (Å²) in [5.74, 6) is 0. The van der Waals surface area contributed by atoms with Gasteiger partial charge in [0.15, 0.2) is 5.13 Å². The zero-order chi connectivity index (χ0) is 14.8. The molecule has 0 aliphatic rings. The summed E-state index contributed by atoms with van der Waals surface area (Å²) >= 11 is 1.28. The van der Waals surface area contributed by atoms with E-state index in [-0.39, 0.29) is 10.9 Å². The van der Waals surface area contributed by atoms with Gasteiger partial charge in [0.1, 0.15) is 0 Å². The molecule has 7 heteroatoms. The number of anilines is 1. The van der Waals surface area contributed by atoms with Crippen molar-refractivity contribution in [2.24, 2.45) is 0 Å². The Morgan fingerprint density at radius 1 is 1.35 bits per heavy atom. The van der Waals surface area contributed by atoms with E-state index in [1.165, 1.54) is 11.3 Å². The summed E-state index contributed by atoms with van der Waals surface area (Å²) in [5, 5.41) is 5.28. The Bertz CT molecular complexity index is 695. The van der Waals surface area contributed by atoms with Crippen LogP contribution in [-0.2, 0) is 10.0 Å². The van der Waals surface area contributed by atoms with Gasteiger partial charge in [0.25, 0.3) is 10.0 Å². The van der Waals surface area contributed by atoms with Crippen molar-refractivity contribution in [3.8, 4) is 0 Å². The highest BCUT2D eigenvalue weighted by Crippen LogP contribution is 2.23. The van der Waals surface area contributed by atoms with Gasteiger partial charge in [-0.15, -0.1) is 11.3 Å². The molecule has 108 valence electrons. The van der Waals surface area contributed by atoms with Crippen LogP contribution in [0.1, 0.15) is 24.2 Å². The second-order valence-corrected chi connectivity index (χ2v) is 7.05. The van der Waals surface area contributed by atoms with Crippen molar-refractivity contribution in [3.63, 3.8) is 0 Å². The van der Waals surface area contributed by atoms with E-state index in [0.29, 0.717) is 5.13 Å². The topological polar surface area (TPSA) is 71.1 Å². The first-order valence-corrected chi connectivity index (χ1v) is 8.51. The minimum atomic E-state index is -3.58. The van der Waals surface area contributed by atoms with E-state index in [4.69, 9.17) is 0 Å². The van der Waals surface area contributed by atoms with Gasteiger partial charge >= 0.3 is 0 Å². The van der Waals surface area contributed by atoms with Gasteiger partial charge in [-0.25, -0.2) is 13.4 Å². The van der Waals surface area contributed by atoms with Gasteiger partial charge in [-0.3, -0.25) is 4.72 Å². The lowest BCUT2D eigenvalue weighted by Gasteiger charge is -2.07. The van der Waals surface area contributed by atoms with Gasteiger partial charge < -0.3 is 5.32 Å². The van der Waals surface area contributed by atoms with Gasteiger partial charge in [0, 0.05) is 11.4 Å². The molecule has 5 nitrogen and oxygen atoms in total. The number of nitrogens with one attached hydrogen (secondary N) is 2. The van der Waals surface area contributed by atoms with Gasteiger partial charge in [0.05, 0.1) is 10.6 Å². The van der Waals surface area contributed by atoms with Crippen LogP contribution in [0.5, 0.6) is 0 Å². The number of sulfonamides is 1. The first kappa shape index (κ1) is 15.0. The lowest BCUT2D eigenvalue weighted by Crippen LogP contribution is -2.14. The second-order valence-electron chi connectivity index (χ2n) is 4.51. The maximum Gasteiger partial charge on any atom is 0.263 e. The largest absolute Gasteiger partial charge is 0.312 e. The van der Waals surface area contributed by atoms with Crippen molar-refractivity contribution in [2.45, 2.75) is 24.8 Å². The number of nitrogens with zero attached hydrogens (tertiary/aromatic N) is 1. The number of aryl methyl sites for hydroxylation is 1. The molecule has 1 atom stereocenters. The number of hydrogen-bond acceptors (Lipinski definition) is 5. The summed E-state index contributed by atoms with van der Waals surface area (Å²) < 4.78 is 27.0. The molecular formula is C13H17N3O2S2. The Morgan fingerprint density at radius 3 is 2.75 bits per heavy atom. The Hall–Kier alpha value is -1.44. The standard InChI is InChI=1S/C13H17N3O2S2/c1-9-5-4-6-11(7-9)20(17,18)16-13-15-12(8-19-13)10(2)14-3/h4-8,10,14H,1-3H3,(H,15,16). The highest BCUT2D eigenvalue weighted by Gasteiger charge is 2.17. The van der Waals surface area contributed by atoms with Crippen LogP contribution < -0.4 is 10.0 Å². The average molecular weight is 311 g/mol. The highest BCUT2D eigenvalue weighted by molar-refractivity contribution is 7.93. The molecule has 0 saturated heterocycles. The molecule has 20 heavy (non-hydrogen) atoms. The molecule has 2 rings (SSSR count). The summed E-state index contributed by atoms with van der Waals surface area (Å²) in [6.45, 7) is 3.82. The van der Waals surface area contributed by atoms with Crippen LogP contribution in [0.3, 0.4) is 0 Å². The lowest BCUT2D eigenvalue weighted by molar-refractivity contribution is 0.601. The van der Waals surface area contributed by atoms with E-state index < -0.39 is 10.0 Å². The van der Waals surface area contributed by atoms with Gasteiger partial charge in [-0.2, -0.15) is 0 Å². The molecular weight excluding hydrogens is 294 g/mol. The van der Waals surface area contributed by atoms with Crippen molar-refractivity contribution in [2.75, 3.05) is 11.8 Å². The van der Waals surface area contributed by atoms with Crippen molar-refractivity contribution in [3.05, 3.63) is 40.9 Å². The number of rotatable bonds is 5. The third-order valence-electron chi connectivity index (χ3n) is 2.92. The fourth-order valence-corrected chi connectivity index (χ4v) is 3.80. The summed E-state index contributed by atoms with van der Waals surface area (Å²) in [6.07, 6.45) is 0. The van der Waals surface area contributed by atoms with Gasteiger partial charge in [0.2, 0.25) is 0 Å². The number of aromatic nitrogens is 1. The van der Waals surface area contributed by atoms with Crippen LogP contribution >= 0.6 is 11.3 Å². The molecule has 2 N–H and O–H groups in total. The molecule has 1 heterocycles. The van der Waals surface area contributed by atoms with Gasteiger partial charge in [-0.1, -0.05) is 12.1 Å². The zero-order valence-electron chi connectivity index (χ0n) is 11.5. The van der Waals surface area contributed by atoms with Crippen LogP contribution in [0.2, 0.25) is 0 Å². The Kier molecular flexibility index (Phi) is 4.42. The fourth-order valence-electron chi connectivity index (χ4n) is 1.64. The third kappa shape index (κ3) is 3.36. The lowest BCUT2D eigenvalue weighted by atomic mass is 10.2. The van der Waals surface area contributed by atoms with E-state index in [1.807, 2.05) is 32.3 Å². The summed E-state index contributed by atoms with van der Waals surface area (Å²) in [6, 6.07) is 6.87. The van der Waals surface area contributed by atoms with Crippen molar-refractivity contribution < 1.29 is 8.42 Å². The molecule has 0 aliphatic carbocycles. The zero-order valence-corrected chi connectivity index (χ0v) is 13.2. The van der Waals surface area contributed by atoms with Crippen molar-refractivity contribution in [1.29, 1.82) is 0 Å². The molecule has 0 amide bonds. The maximum absolute atomic E-state index is 12.2. The van der Waals surface area contributed by atoms with E-state index in [1.54, 1.807) is 18.2 Å².